The number of sulfonamides is 1. The Labute approximate surface area is 238 Å². The van der Waals surface area contributed by atoms with Gasteiger partial charge in [0.25, 0.3) is 0 Å². The van der Waals surface area contributed by atoms with Crippen LogP contribution < -0.4 is 15.1 Å². The molecule has 0 aliphatic carbocycles. The van der Waals surface area contributed by atoms with Gasteiger partial charge in [-0.1, -0.05) is 49.2 Å². The van der Waals surface area contributed by atoms with Gasteiger partial charge in [-0.05, 0) is 73.7 Å². The number of aryl methyl sites for hydroxylation is 3. The molecule has 1 atom stereocenters. The van der Waals surface area contributed by atoms with E-state index in [1.807, 2.05) is 38.1 Å². The molecule has 2 aromatic heterocycles. The molecule has 0 radical (unpaired) electrons. The van der Waals surface area contributed by atoms with Crippen molar-refractivity contribution in [3.8, 4) is 5.75 Å². The van der Waals surface area contributed by atoms with Crippen molar-refractivity contribution in [1.29, 1.82) is 0 Å². The number of rotatable bonds is 10. The number of H-pyrrole nitrogens is 1. The van der Waals surface area contributed by atoms with Crippen molar-refractivity contribution in [2.45, 2.75) is 57.4 Å². The van der Waals surface area contributed by atoms with Crippen LogP contribution in [-0.4, -0.2) is 25.4 Å². The van der Waals surface area contributed by atoms with Crippen LogP contribution in [0.3, 0.4) is 0 Å². The number of ether oxygens (including phenoxy) is 1. The van der Waals surface area contributed by atoms with Gasteiger partial charge in [0.1, 0.15) is 17.4 Å². The molecule has 0 bridgehead atoms. The van der Waals surface area contributed by atoms with Gasteiger partial charge >= 0.3 is 11.6 Å². The standard InChI is InChI=1S/C32H32N2O6S/c1-4-5-8-22-18-30(35)39-28-15-21(3)16-29(31(22)28)40-32(36)27(17-23-19-33-26-10-7-6-9-25(23)26)34-41(37,38)24-13-11-20(2)12-14-24/h6-7,9-16,18-19,27,33-34H,4-5,8,17H2,1-3H3. The second-order valence-corrected chi connectivity index (χ2v) is 12.0. The fraction of sp³-hybridized carbons (Fsp3) is 0.250. The summed E-state index contributed by atoms with van der Waals surface area (Å²) in [5.41, 5.74) is 3.83. The van der Waals surface area contributed by atoms with E-state index < -0.39 is 27.7 Å². The molecule has 2 N–H and O–H groups in total. The van der Waals surface area contributed by atoms with Crippen molar-refractivity contribution in [2.24, 2.45) is 0 Å². The second kappa shape index (κ2) is 11.7. The van der Waals surface area contributed by atoms with Gasteiger partial charge in [0, 0.05) is 29.6 Å². The molecule has 0 amide bonds. The zero-order valence-electron chi connectivity index (χ0n) is 23.2. The third kappa shape index (κ3) is 6.26. The maximum absolute atomic E-state index is 13.8. The SMILES string of the molecule is CCCCc1cc(=O)oc2cc(C)cc(OC(=O)C(Cc3c[nH]c4ccccc34)NS(=O)(=O)c3ccc(C)cc3)c12. The predicted molar refractivity (Wildman–Crippen MR) is 159 cm³/mol. The third-order valence-electron chi connectivity index (χ3n) is 7.06. The molecule has 0 saturated carbocycles. The Morgan fingerprint density at radius 3 is 2.51 bits per heavy atom. The fourth-order valence-corrected chi connectivity index (χ4v) is 6.15. The average Bonchev–Trinajstić information content (AvgIpc) is 3.33. The number of aromatic nitrogens is 1. The fourth-order valence-electron chi connectivity index (χ4n) is 4.96. The highest BCUT2D eigenvalue weighted by molar-refractivity contribution is 7.89. The predicted octanol–water partition coefficient (Wildman–Crippen LogP) is 5.73. The summed E-state index contributed by atoms with van der Waals surface area (Å²) in [6.07, 6.45) is 4.17. The van der Waals surface area contributed by atoms with Crippen LogP contribution >= 0.6 is 0 Å². The van der Waals surface area contributed by atoms with E-state index in [1.54, 1.807) is 37.4 Å². The first-order chi connectivity index (χ1) is 19.6. The minimum Gasteiger partial charge on any atom is -0.425 e. The number of para-hydroxylation sites is 1. The zero-order chi connectivity index (χ0) is 29.1. The van der Waals surface area contributed by atoms with Gasteiger partial charge < -0.3 is 14.1 Å². The smallest absolute Gasteiger partial charge is 0.336 e. The Kier molecular flexibility index (Phi) is 8.10. The van der Waals surface area contributed by atoms with Crippen LogP contribution in [0.15, 0.2) is 87.0 Å². The molecule has 0 aliphatic rings. The molecule has 9 heteroatoms. The van der Waals surface area contributed by atoms with Crippen molar-refractivity contribution >= 4 is 37.9 Å². The Bertz CT molecular complexity index is 1890. The van der Waals surface area contributed by atoms with Gasteiger partial charge in [0.2, 0.25) is 10.0 Å². The molecule has 5 rings (SSSR count). The minimum atomic E-state index is -4.07. The summed E-state index contributed by atoms with van der Waals surface area (Å²) in [6, 6.07) is 17.6. The minimum absolute atomic E-state index is 0.0458. The number of benzene rings is 3. The molecule has 5 aromatic rings. The van der Waals surface area contributed by atoms with Crippen LogP contribution in [0.4, 0.5) is 0 Å². The molecule has 3 aromatic carbocycles. The maximum atomic E-state index is 13.8. The number of esters is 1. The Morgan fingerprint density at radius 2 is 1.76 bits per heavy atom. The lowest BCUT2D eigenvalue weighted by Gasteiger charge is -2.19. The first-order valence-electron chi connectivity index (χ1n) is 13.6. The summed E-state index contributed by atoms with van der Waals surface area (Å²) >= 11 is 0. The monoisotopic (exact) mass is 572 g/mol. The first kappa shape index (κ1) is 28.3. The highest BCUT2D eigenvalue weighted by atomic mass is 32.2. The van der Waals surface area contributed by atoms with Gasteiger partial charge in [-0.2, -0.15) is 4.72 Å². The van der Waals surface area contributed by atoms with E-state index in [4.69, 9.17) is 9.15 Å². The normalized spacial score (nSPS) is 12.6. The molecule has 0 fully saturated rings. The summed E-state index contributed by atoms with van der Waals surface area (Å²) in [7, 11) is -4.07. The molecule has 8 nitrogen and oxygen atoms in total. The van der Waals surface area contributed by atoms with Crippen LogP contribution in [0, 0.1) is 13.8 Å². The lowest BCUT2D eigenvalue weighted by molar-refractivity contribution is -0.136. The highest BCUT2D eigenvalue weighted by Gasteiger charge is 2.29. The van der Waals surface area contributed by atoms with Crippen molar-refractivity contribution in [1.82, 2.24) is 9.71 Å². The van der Waals surface area contributed by atoms with E-state index in [1.165, 1.54) is 18.2 Å². The number of hydrogen-bond donors (Lipinski definition) is 2. The van der Waals surface area contributed by atoms with E-state index in [0.29, 0.717) is 23.0 Å². The van der Waals surface area contributed by atoms with Crippen LogP contribution in [0.25, 0.3) is 21.9 Å². The van der Waals surface area contributed by atoms with E-state index in [9.17, 15) is 18.0 Å². The van der Waals surface area contributed by atoms with Crippen LogP contribution in [0.1, 0.15) is 42.0 Å². The molecule has 2 heterocycles. The van der Waals surface area contributed by atoms with Crippen LogP contribution in [-0.2, 0) is 27.7 Å². The third-order valence-corrected chi connectivity index (χ3v) is 8.54. The lowest BCUT2D eigenvalue weighted by atomic mass is 10.0. The van der Waals surface area contributed by atoms with E-state index in [2.05, 4.69) is 9.71 Å². The molecule has 0 saturated heterocycles. The number of aromatic amines is 1. The topological polar surface area (TPSA) is 118 Å². The molecular weight excluding hydrogens is 540 g/mol. The molecule has 1 unspecified atom stereocenters. The van der Waals surface area contributed by atoms with Gasteiger partial charge in [-0.3, -0.25) is 0 Å². The van der Waals surface area contributed by atoms with Crippen molar-refractivity contribution in [3.63, 3.8) is 0 Å². The Morgan fingerprint density at radius 1 is 1.00 bits per heavy atom. The number of unbranched alkanes of at least 4 members (excludes halogenated alkanes) is 1. The van der Waals surface area contributed by atoms with Crippen molar-refractivity contribution in [2.75, 3.05) is 0 Å². The molecule has 41 heavy (non-hydrogen) atoms. The van der Waals surface area contributed by atoms with Crippen LogP contribution in [0.5, 0.6) is 5.75 Å². The van der Waals surface area contributed by atoms with Gasteiger partial charge in [0.15, 0.2) is 0 Å². The highest BCUT2D eigenvalue weighted by Crippen LogP contribution is 2.31. The summed E-state index contributed by atoms with van der Waals surface area (Å²) < 4.78 is 40.8. The quantitative estimate of drug-likeness (QED) is 0.125. The molecule has 212 valence electrons. The van der Waals surface area contributed by atoms with E-state index in [0.717, 1.165) is 40.4 Å². The Hall–Kier alpha value is -4.21. The number of hydrogen-bond acceptors (Lipinski definition) is 6. The maximum Gasteiger partial charge on any atom is 0.336 e. The largest absolute Gasteiger partial charge is 0.425 e. The number of nitrogens with one attached hydrogen (secondary N) is 2. The number of fused-ring (bicyclic) bond motifs is 2. The van der Waals surface area contributed by atoms with Gasteiger partial charge in [-0.15, -0.1) is 0 Å². The van der Waals surface area contributed by atoms with Gasteiger partial charge in [0.05, 0.1) is 10.3 Å². The van der Waals surface area contributed by atoms with E-state index in [-0.39, 0.29) is 17.1 Å². The molecule has 0 aliphatic heterocycles. The molecular formula is C32H32N2O6S. The summed E-state index contributed by atoms with van der Waals surface area (Å²) in [5, 5.41) is 1.41. The first-order valence-corrected chi connectivity index (χ1v) is 15.1. The van der Waals surface area contributed by atoms with E-state index >= 15 is 0 Å². The lowest BCUT2D eigenvalue weighted by Crippen LogP contribution is -2.44. The van der Waals surface area contributed by atoms with Crippen molar-refractivity contribution < 1.29 is 22.4 Å². The zero-order valence-corrected chi connectivity index (χ0v) is 24.0. The summed E-state index contributed by atoms with van der Waals surface area (Å²) in [5.74, 6) is -0.552. The Balaban J connectivity index is 1.55. The van der Waals surface area contributed by atoms with Crippen LogP contribution in [0.2, 0.25) is 0 Å². The van der Waals surface area contributed by atoms with Crippen molar-refractivity contribution in [3.05, 3.63) is 106 Å². The average molecular weight is 573 g/mol. The summed E-state index contributed by atoms with van der Waals surface area (Å²) in [6.45, 7) is 5.72. The van der Waals surface area contributed by atoms with Gasteiger partial charge in [-0.25, -0.2) is 18.0 Å². The number of carbonyl (C=O) groups excluding carboxylic acids is 1. The second-order valence-electron chi connectivity index (χ2n) is 10.3. The molecule has 0 spiro atoms. The summed E-state index contributed by atoms with van der Waals surface area (Å²) in [4.78, 5) is 29.3. The number of carbonyl (C=O) groups is 1.